The van der Waals surface area contributed by atoms with Crippen molar-refractivity contribution in [3.05, 3.63) is 96.3 Å². The molecule has 4 aromatic heterocycles. The Morgan fingerprint density at radius 3 is 2.51 bits per heavy atom. The molecule has 9 nitrogen and oxygen atoms in total. The number of methoxy groups -OCH3 is 1. The Bertz CT molecular complexity index is 2710. The number of nitrogens with one attached hydrogen (secondary N) is 2. The van der Waals surface area contributed by atoms with Gasteiger partial charge in [-0.3, -0.25) is 4.79 Å². The van der Waals surface area contributed by atoms with Gasteiger partial charge in [0.2, 0.25) is 0 Å². The van der Waals surface area contributed by atoms with E-state index in [-0.39, 0.29) is 24.1 Å². The minimum atomic E-state index is -0.443. The monoisotopic (exact) mass is 646 g/mol. The zero-order chi connectivity index (χ0) is 32.8. The van der Waals surface area contributed by atoms with Gasteiger partial charge in [0.25, 0.3) is 11.9 Å². The molecular weight excluding hydrogens is 612 g/mol. The van der Waals surface area contributed by atoms with Crippen LogP contribution in [0.25, 0.3) is 65.8 Å². The van der Waals surface area contributed by atoms with E-state index in [1.165, 1.54) is 16.3 Å². The number of hydrogen-bond acceptors (Lipinski definition) is 5. The maximum atomic E-state index is 13.7. The Morgan fingerprint density at radius 2 is 1.69 bits per heavy atom. The van der Waals surface area contributed by atoms with Crippen molar-refractivity contribution in [2.45, 2.75) is 50.0 Å². The van der Waals surface area contributed by atoms with Gasteiger partial charge in [0.1, 0.15) is 6.10 Å². The predicted octanol–water partition coefficient (Wildman–Crippen LogP) is 7.87. The Hall–Kier alpha value is -5.54. The summed E-state index contributed by atoms with van der Waals surface area (Å²) >= 11 is 0. The van der Waals surface area contributed by atoms with E-state index >= 15 is 0 Å². The molecule has 0 spiro atoms. The zero-order valence-electron chi connectivity index (χ0n) is 27.4. The quantitative estimate of drug-likeness (QED) is 0.203. The second-order valence-electron chi connectivity index (χ2n) is 14.3. The van der Waals surface area contributed by atoms with Crippen LogP contribution in [0.5, 0.6) is 0 Å². The number of oxazole rings is 1. The van der Waals surface area contributed by atoms with Crippen LogP contribution < -0.4 is 10.2 Å². The van der Waals surface area contributed by atoms with Crippen LogP contribution in [-0.2, 0) is 16.8 Å². The highest BCUT2D eigenvalue weighted by molar-refractivity contribution is 6.31. The van der Waals surface area contributed by atoms with Gasteiger partial charge < -0.3 is 33.5 Å². The number of H-pyrrole nitrogens is 1. The topological polar surface area (TPSA) is 93.2 Å². The lowest BCUT2D eigenvalue weighted by molar-refractivity contribution is -0.0469. The molecule has 1 aliphatic carbocycles. The highest BCUT2D eigenvalue weighted by Crippen LogP contribution is 2.55. The SMILES string of the molecule is CO[C@@H]1[C@H](N(C)c2ncc(-c3c[nH]c4ccccc34)o2)C[C@H]2C[C@]1(C)n1c3ccccc3c3c4c(c5c6ccccc6n2c5c31)C(=O)NC4. The second kappa shape index (κ2) is 9.33. The molecule has 3 aliphatic rings. The zero-order valence-corrected chi connectivity index (χ0v) is 27.4. The van der Waals surface area contributed by atoms with Gasteiger partial charge in [-0.05, 0) is 43.5 Å². The first-order chi connectivity index (χ1) is 24.0. The van der Waals surface area contributed by atoms with Gasteiger partial charge in [-0.1, -0.05) is 54.6 Å². The Kier molecular flexibility index (Phi) is 5.22. The Morgan fingerprint density at radius 1 is 0.959 bits per heavy atom. The lowest BCUT2D eigenvalue weighted by Crippen LogP contribution is -2.59. The van der Waals surface area contributed by atoms with E-state index in [2.05, 4.69) is 99.0 Å². The van der Waals surface area contributed by atoms with Gasteiger partial charge in [-0.2, -0.15) is 0 Å². The number of carbonyl (C=O) groups is 1. The van der Waals surface area contributed by atoms with E-state index in [1.54, 1.807) is 0 Å². The number of likely N-dealkylation sites (N-methyl/N-ethyl adjacent to an activating group) is 1. The third-order valence-electron chi connectivity index (χ3n) is 11.9. The van der Waals surface area contributed by atoms with Crippen LogP contribution in [0.2, 0.25) is 0 Å². The average Bonchev–Trinajstić information content (AvgIpc) is 3.94. The predicted molar refractivity (Wildman–Crippen MR) is 192 cm³/mol. The number of amides is 1. The van der Waals surface area contributed by atoms with Crippen LogP contribution in [0, 0.1) is 0 Å². The lowest BCUT2D eigenvalue weighted by Gasteiger charge is -2.50. The van der Waals surface area contributed by atoms with Crippen molar-refractivity contribution in [1.82, 2.24) is 24.4 Å². The van der Waals surface area contributed by atoms with Crippen LogP contribution in [0.15, 0.2) is 89.6 Å². The van der Waals surface area contributed by atoms with Crippen molar-refractivity contribution in [3.63, 3.8) is 0 Å². The number of ether oxygens (including phenoxy) is 1. The maximum absolute atomic E-state index is 13.7. The molecule has 49 heavy (non-hydrogen) atoms. The van der Waals surface area contributed by atoms with Crippen molar-refractivity contribution in [2.75, 3.05) is 19.1 Å². The molecule has 6 heterocycles. The number of hydrogen-bond donors (Lipinski definition) is 2. The van der Waals surface area contributed by atoms with E-state index in [0.29, 0.717) is 12.6 Å². The number of para-hydroxylation sites is 3. The molecule has 2 N–H and O–H groups in total. The van der Waals surface area contributed by atoms with Crippen molar-refractivity contribution >= 4 is 66.4 Å². The molecule has 242 valence electrons. The molecule has 2 bridgehead atoms. The first-order valence-electron chi connectivity index (χ1n) is 17.0. The van der Waals surface area contributed by atoms with Crippen LogP contribution >= 0.6 is 0 Å². The molecule has 11 rings (SSSR count). The summed E-state index contributed by atoms with van der Waals surface area (Å²) in [6, 6.07) is 26.1. The highest BCUT2D eigenvalue weighted by Gasteiger charge is 2.53. The van der Waals surface area contributed by atoms with Crippen LogP contribution in [-0.4, -0.2) is 51.3 Å². The normalized spacial score (nSPS) is 22.9. The number of aromatic nitrogens is 4. The summed E-state index contributed by atoms with van der Waals surface area (Å²) in [4.78, 5) is 24.1. The van der Waals surface area contributed by atoms with Gasteiger partial charge in [-0.25, -0.2) is 4.98 Å². The molecular formula is C40H34N6O3. The number of aromatic amines is 1. The molecule has 1 saturated carbocycles. The van der Waals surface area contributed by atoms with Crippen molar-refractivity contribution in [1.29, 1.82) is 0 Å². The minimum Gasteiger partial charge on any atom is -0.423 e. The molecule has 0 radical (unpaired) electrons. The van der Waals surface area contributed by atoms with Crippen LogP contribution in [0.1, 0.15) is 41.7 Å². The molecule has 1 amide bonds. The van der Waals surface area contributed by atoms with E-state index in [4.69, 9.17) is 14.1 Å². The smallest absolute Gasteiger partial charge is 0.297 e. The number of nitrogens with zero attached hydrogens (tertiary/aromatic N) is 4. The van der Waals surface area contributed by atoms with Gasteiger partial charge in [0.05, 0.1) is 34.4 Å². The largest absolute Gasteiger partial charge is 0.423 e. The van der Waals surface area contributed by atoms with E-state index in [1.807, 2.05) is 31.6 Å². The fourth-order valence-corrected chi connectivity index (χ4v) is 10.0. The van der Waals surface area contributed by atoms with E-state index in [0.717, 1.165) is 73.5 Å². The average molecular weight is 647 g/mol. The standard InChI is InChI=1S/C40H34N6O3/c1-40-17-21(16-30(37(40)48-3)44(2)39-43-20-31(49-39)25-18-41-27-13-7-4-10-22(25)27)45-28-14-8-5-11-23(28)33-34-26(19-42-38(34)47)32-24-12-6-9-15-29(24)46(40)36(32)35(33)45/h4-15,18,20-21,30,37,41H,16-17,19H2,1-3H3,(H,42,47)/t21-,30+,37+,40-/m0/s1. The van der Waals surface area contributed by atoms with Crippen molar-refractivity contribution < 1.29 is 13.9 Å². The Balaban J connectivity index is 1.17. The van der Waals surface area contributed by atoms with Crippen LogP contribution in [0.4, 0.5) is 6.01 Å². The number of carbonyl (C=O) groups excluding carboxylic acids is 1. The molecule has 1 fully saturated rings. The van der Waals surface area contributed by atoms with E-state index < -0.39 is 5.54 Å². The minimum absolute atomic E-state index is 0.0114. The third-order valence-corrected chi connectivity index (χ3v) is 11.9. The fraction of sp³-hybridized carbons (Fsp3) is 0.250. The first kappa shape index (κ1) is 27.4. The highest BCUT2D eigenvalue weighted by atomic mass is 16.5. The van der Waals surface area contributed by atoms with Crippen LogP contribution in [0.3, 0.4) is 0 Å². The molecule has 4 aromatic carbocycles. The molecule has 9 heteroatoms. The number of fused-ring (bicyclic) bond motifs is 14. The summed E-state index contributed by atoms with van der Waals surface area (Å²) in [6.07, 6.45) is 5.30. The molecule has 8 aromatic rings. The number of anilines is 1. The van der Waals surface area contributed by atoms with Gasteiger partial charge in [0, 0.05) is 82.0 Å². The molecule has 0 unspecified atom stereocenters. The maximum Gasteiger partial charge on any atom is 0.297 e. The van der Waals surface area contributed by atoms with Gasteiger partial charge >= 0.3 is 0 Å². The second-order valence-corrected chi connectivity index (χ2v) is 14.3. The summed E-state index contributed by atoms with van der Waals surface area (Å²) in [5, 5.41) is 8.82. The first-order valence-corrected chi connectivity index (χ1v) is 17.0. The summed E-state index contributed by atoms with van der Waals surface area (Å²) in [7, 11) is 3.93. The number of benzene rings is 4. The third kappa shape index (κ3) is 3.29. The molecule has 4 atom stereocenters. The number of rotatable bonds is 4. The summed E-state index contributed by atoms with van der Waals surface area (Å²) in [6.45, 7) is 2.89. The Labute approximate surface area is 281 Å². The molecule has 2 aliphatic heterocycles. The van der Waals surface area contributed by atoms with Gasteiger partial charge in [-0.15, -0.1) is 0 Å². The summed E-state index contributed by atoms with van der Waals surface area (Å²) in [5.74, 6) is 0.737. The molecule has 0 saturated heterocycles. The summed E-state index contributed by atoms with van der Waals surface area (Å²) < 4.78 is 18.3. The van der Waals surface area contributed by atoms with Crippen molar-refractivity contribution in [3.8, 4) is 11.3 Å². The fourth-order valence-electron chi connectivity index (χ4n) is 10.0. The summed E-state index contributed by atoms with van der Waals surface area (Å²) in [5.41, 5.74) is 8.19. The van der Waals surface area contributed by atoms with Gasteiger partial charge in [0.15, 0.2) is 5.76 Å². The van der Waals surface area contributed by atoms with Crippen molar-refractivity contribution in [2.24, 2.45) is 0 Å². The van der Waals surface area contributed by atoms with E-state index in [9.17, 15) is 4.79 Å². The lowest BCUT2D eigenvalue weighted by atomic mass is 9.74.